The topological polar surface area (TPSA) is 84.9 Å². The van der Waals surface area contributed by atoms with E-state index in [-0.39, 0.29) is 11.4 Å². The van der Waals surface area contributed by atoms with Gasteiger partial charge in [-0.2, -0.15) is 0 Å². The van der Waals surface area contributed by atoms with Crippen LogP contribution in [0.25, 0.3) is 21.8 Å². The quantitative estimate of drug-likeness (QED) is 0.381. The molecule has 1 heterocycles. The van der Waals surface area contributed by atoms with E-state index in [4.69, 9.17) is 5.73 Å². The molecular weight excluding hydrogens is 218 g/mol. The SMILES string of the molecule is Nc1cc2c(cc1[N+](=O)[O-])[nH]c1ccccc12. The molecule has 0 atom stereocenters. The van der Waals surface area contributed by atoms with E-state index in [9.17, 15) is 10.1 Å². The molecule has 3 N–H and O–H groups in total. The molecule has 84 valence electrons. The molecule has 2 aromatic carbocycles. The Morgan fingerprint density at radius 1 is 1.12 bits per heavy atom. The van der Waals surface area contributed by atoms with Crippen LogP contribution in [0.2, 0.25) is 0 Å². The smallest absolute Gasteiger partial charge is 0.294 e. The van der Waals surface area contributed by atoms with Crippen LogP contribution in [0.15, 0.2) is 36.4 Å². The first kappa shape index (κ1) is 9.65. The Hall–Kier alpha value is -2.56. The van der Waals surface area contributed by atoms with Gasteiger partial charge in [0.2, 0.25) is 0 Å². The first-order chi connectivity index (χ1) is 8.16. The van der Waals surface area contributed by atoms with Gasteiger partial charge >= 0.3 is 0 Å². The van der Waals surface area contributed by atoms with E-state index >= 15 is 0 Å². The number of nitrogen functional groups attached to an aromatic ring is 1. The van der Waals surface area contributed by atoms with Gasteiger partial charge in [0, 0.05) is 22.4 Å². The summed E-state index contributed by atoms with van der Waals surface area (Å²) in [5.41, 5.74) is 7.48. The van der Waals surface area contributed by atoms with E-state index < -0.39 is 4.92 Å². The van der Waals surface area contributed by atoms with Crippen LogP contribution in [-0.2, 0) is 0 Å². The Morgan fingerprint density at radius 3 is 2.65 bits per heavy atom. The van der Waals surface area contributed by atoms with Crippen molar-refractivity contribution in [1.82, 2.24) is 4.98 Å². The third-order valence-corrected chi connectivity index (χ3v) is 2.85. The molecule has 0 aliphatic rings. The van der Waals surface area contributed by atoms with Crippen LogP contribution >= 0.6 is 0 Å². The summed E-state index contributed by atoms with van der Waals surface area (Å²) in [7, 11) is 0. The number of hydrogen-bond donors (Lipinski definition) is 2. The molecule has 3 rings (SSSR count). The molecule has 1 aromatic heterocycles. The zero-order valence-electron chi connectivity index (χ0n) is 8.81. The molecule has 0 unspecified atom stereocenters. The van der Waals surface area contributed by atoms with E-state index in [2.05, 4.69) is 4.98 Å². The number of benzene rings is 2. The maximum absolute atomic E-state index is 10.8. The fraction of sp³-hybridized carbons (Fsp3) is 0. The number of nitro benzene ring substituents is 1. The first-order valence-corrected chi connectivity index (χ1v) is 5.11. The molecular formula is C12H9N3O2. The molecule has 0 fully saturated rings. The Morgan fingerprint density at radius 2 is 1.88 bits per heavy atom. The van der Waals surface area contributed by atoms with Crippen molar-refractivity contribution in [2.75, 3.05) is 5.73 Å². The third kappa shape index (κ3) is 1.32. The second kappa shape index (κ2) is 3.21. The van der Waals surface area contributed by atoms with Crippen LogP contribution in [0, 0.1) is 10.1 Å². The number of anilines is 1. The number of aromatic amines is 1. The van der Waals surface area contributed by atoms with Gasteiger partial charge in [-0.25, -0.2) is 0 Å². The molecule has 3 aromatic rings. The first-order valence-electron chi connectivity index (χ1n) is 5.11. The summed E-state index contributed by atoms with van der Waals surface area (Å²) in [6.07, 6.45) is 0. The van der Waals surface area contributed by atoms with Crippen LogP contribution < -0.4 is 5.73 Å². The molecule has 0 saturated heterocycles. The van der Waals surface area contributed by atoms with E-state index in [1.807, 2.05) is 24.3 Å². The fourth-order valence-electron chi connectivity index (χ4n) is 2.06. The van der Waals surface area contributed by atoms with Gasteiger partial charge in [0.1, 0.15) is 5.69 Å². The van der Waals surface area contributed by atoms with E-state index in [1.54, 1.807) is 6.07 Å². The molecule has 0 saturated carbocycles. The predicted molar refractivity (Wildman–Crippen MR) is 66.9 cm³/mol. The molecule has 5 nitrogen and oxygen atoms in total. The minimum Gasteiger partial charge on any atom is -0.393 e. The van der Waals surface area contributed by atoms with E-state index in [0.717, 1.165) is 21.8 Å². The fourth-order valence-corrected chi connectivity index (χ4v) is 2.06. The molecule has 0 aliphatic heterocycles. The summed E-state index contributed by atoms with van der Waals surface area (Å²) in [6.45, 7) is 0. The standard InChI is InChI=1S/C12H9N3O2/c13-9-5-8-7-3-1-2-4-10(7)14-11(8)6-12(9)15(16)17/h1-6,14H,13H2. The number of hydrogen-bond acceptors (Lipinski definition) is 3. The normalized spacial score (nSPS) is 11.1. The lowest BCUT2D eigenvalue weighted by Gasteiger charge is -1.97. The summed E-state index contributed by atoms with van der Waals surface area (Å²) >= 11 is 0. The summed E-state index contributed by atoms with van der Waals surface area (Å²) in [5, 5.41) is 12.7. The van der Waals surface area contributed by atoms with Crippen LogP contribution in [0.1, 0.15) is 0 Å². The number of rotatable bonds is 1. The van der Waals surface area contributed by atoms with Gasteiger partial charge in [0.15, 0.2) is 0 Å². The highest BCUT2D eigenvalue weighted by Gasteiger charge is 2.14. The van der Waals surface area contributed by atoms with Crippen molar-refractivity contribution in [2.45, 2.75) is 0 Å². The zero-order valence-corrected chi connectivity index (χ0v) is 8.81. The Kier molecular flexibility index (Phi) is 1.82. The maximum Gasteiger partial charge on any atom is 0.294 e. The lowest BCUT2D eigenvalue weighted by molar-refractivity contribution is -0.383. The Balaban J connectivity index is 2.46. The second-order valence-corrected chi connectivity index (χ2v) is 3.88. The Labute approximate surface area is 96.0 Å². The van der Waals surface area contributed by atoms with E-state index in [0.29, 0.717) is 0 Å². The van der Waals surface area contributed by atoms with Crippen molar-refractivity contribution in [3.63, 3.8) is 0 Å². The minimum atomic E-state index is -0.472. The molecule has 0 spiro atoms. The lowest BCUT2D eigenvalue weighted by atomic mass is 10.1. The molecule has 0 radical (unpaired) electrons. The van der Waals surface area contributed by atoms with Crippen molar-refractivity contribution < 1.29 is 4.92 Å². The van der Waals surface area contributed by atoms with Crippen molar-refractivity contribution in [3.05, 3.63) is 46.5 Å². The van der Waals surface area contributed by atoms with Crippen LogP contribution in [0.3, 0.4) is 0 Å². The van der Waals surface area contributed by atoms with Gasteiger partial charge in [-0.15, -0.1) is 0 Å². The van der Waals surface area contributed by atoms with Crippen molar-refractivity contribution in [3.8, 4) is 0 Å². The average Bonchev–Trinajstić information content (AvgIpc) is 2.65. The van der Waals surface area contributed by atoms with E-state index in [1.165, 1.54) is 6.07 Å². The van der Waals surface area contributed by atoms with Gasteiger partial charge in [-0.3, -0.25) is 10.1 Å². The van der Waals surface area contributed by atoms with Gasteiger partial charge in [0.25, 0.3) is 5.69 Å². The summed E-state index contributed by atoms with van der Waals surface area (Å²) < 4.78 is 0. The zero-order chi connectivity index (χ0) is 12.0. The van der Waals surface area contributed by atoms with Crippen LogP contribution in [0.5, 0.6) is 0 Å². The number of nitrogens with two attached hydrogens (primary N) is 1. The van der Waals surface area contributed by atoms with Gasteiger partial charge < -0.3 is 10.7 Å². The number of fused-ring (bicyclic) bond motifs is 3. The van der Waals surface area contributed by atoms with Gasteiger partial charge in [0.05, 0.1) is 10.4 Å². The number of nitro groups is 1. The van der Waals surface area contributed by atoms with Crippen LogP contribution in [-0.4, -0.2) is 9.91 Å². The molecule has 0 aliphatic carbocycles. The highest BCUT2D eigenvalue weighted by Crippen LogP contribution is 2.32. The van der Waals surface area contributed by atoms with Crippen molar-refractivity contribution in [1.29, 1.82) is 0 Å². The Bertz CT molecular complexity index is 746. The minimum absolute atomic E-state index is 0.0657. The second-order valence-electron chi connectivity index (χ2n) is 3.88. The monoisotopic (exact) mass is 227 g/mol. The molecule has 0 bridgehead atoms. The largest absolute Gasteiger partial charge is 0.393 e. The predicted octanol–water partition coefficient (Wildman–Crippen LogP) is 2.81. The lowest BCUT2D eigenvalue weighted by Crippen LogP contribution is -1.94. The number of para-hydroxylation sites is 1. The van der Waals surface area contributed by atoms with Gasteiger partial charge in [-0.05, 0) is 12.1 Å². The molecule has 5 heteroatoms. The summed E-state index contributed by atoms with van der Waals surface area (Å²) in [5.74, 6) is 0. The number of nitrogens with one attached hydrogen (secondary N) is 1. The van der Waals surface area contributed by atoms with Crippen molar-refractivity contribution in [2.24, 2.45) is 0 Å². The highest BCUT2D eigenvalue weighted by atomic mass is 16.6. The highest BCUT2D eigenvalue weighted by molar-refractivity contribution is 6.09. The number of nitrogens with zero attached hydrogens (tertiary/aromatic N) is 1. The summed E-state index contributed by atoms with van der Waals surface area (Å²) in [4.78, 5) is 13.5. The third-order valence-electron chi connectivity index (χ3n) is 2.85. The number of H-pyrrole nitrogens is 1. The van der Waals surface area contributed by atoms with Crippen molar-refractivity contribution >= 4 is 33.2 Å². The maximum atomic E-state index is 10.8. The van der Waals surface area contributed by atoms with Crippen LogP contribution in [0.4, 0.5) is 11.4 Å². The van der Waals surface area contributed by atoms with Gasteiger partial charge in [-0.1, -0.05) is 18.2 Å². The summed E-state index contributed by atoms with van der Waals surface area (Å²) in [6, 6.07) is 10.8. The molecule has 0 amide bonds. The molecule has 17 heavy (non-hydrogen) atoms. The average molecular weight is 227 g/mol. The number of aromatic nitrogens is 1.